The molecule has 1 fully saturated rings. The quantitative estimate of drug-likeness (QED) is 0.593. The van der Waals surface area contributed by atoms with Crippen LogP contribution in [0.3, 0.4) is 0 Å². The van der Waals surface area contributed by atoms with Crippen LogP contribution in [0.25, 0.3) is 0 Å². The molecule has 1 saturated carbocycles. The van der Waals surface area contributed by atoms with Gasteiger partial charge < -0.3 is 22.7 Å². The van der Waals surface area contributed by atoms with Crippen molar-refractivity contribution in [1.29, 1.82) is 0 Å². The summed E-state index contributed by atoms with van der Waals surface area (Å²) in [5, 5.41) is 4.36. The van der Waals surface area contributed by atoms with Gasteiger partial charge in [-0.3, -0.25) is 4.79 Å². The van der Waals surface area contributed by atoms with E-state index in [1.807, 2.05) is 6.07 Å². The normalized spacial score (nSPS) is 15.2. The average molecular weight is 446 g/mol. The van der Waals surface area contributed by atoms with Gasteiger partial charge in [-0.05, 0) is 30.9 Å². The Bertz CT molecular complexity index is 802. The maximum absolute atomic E-state index is 13.8. The van der Waals surface area contributed by atoms with Crippen molar-refractivity contribution in [2.24, 2.45) is 5.92 Å². The number of rotatable bonds is 7. The number of hydrogen-bond acceptors (Lipinski definition) is 4. The topological polar surface area (TPSA) is 38.3 Å². The van der Waals surface area contributed by atoms with Crippen LogP contribution in [0.2, 0.25) is 0 Å². The Kier molecular flexibility index (Phi) is 7.41. The molecule has 1 unspecified atom stereocenters. The number of hydrogen-bond donors (Lipinski definition) is 1. The number of alkyl halides is 2. The Morgan fingerprint density at radius 2 is 2.04 bits per heavy atom. The Labute approximate surface area is 177 Å². The van der Waals surface area contributed by atoms with E-state index in [1.165, 1.54) is 11.5 Å². The summed E-state index contributed by atoms with van der Waals surface area (Å²) in [5.74, 6) is -2.51. The van der Waals surface area contributed by atoms with E-state index < -0.39 is 11.8 Å². The Morgan fingerprint density at radius 3 is 2.59 bits per heavy atom. The van der Waals surface area contributed by atoms with Crippen LogP contribution < -0.4 is 10.1 Å². The van der Waals surface area contributed by atoms with Crippen molar-refractivity contribution in [3.05, 3.63) is 57.6 Å². The van der Waals surface area contributed by atoms with E-state index in [2.05, 4.69) is 5.32 Å². The first-order chi connectivity index (χ1) is 12.4. The number of halogens is 2. The first kappa shape index (κ1) is 21.8. The molecule has 0 bridgehead atoms. The van der Waals surface area contributed by atoms with Gasteiger partial charge in [-0.2, -0.15) is 0 Å². The third-order valence-electron chi connectivity index (χ3n) is 4.02. The second-order valence-corrected chi connectivity index (χ2v) is 7.60. The molecule has 1 aromatic heterocycles. The van der Waals surface area contributed by atoms with Gasteiger partial charge in [0.05, 0.1) is 4.88 Å². The fourth-order valence-electron chi connectivity index (χ4n) is 2.52. The summed E-state index contributed by atoms with van der Waals surface area (Å²) in [6.45, 7) is 0.805. The molecule has 27 heavy (non-hydrogen) atoms. The van der Waals surface area contributed by atoms with Crippen molar-refractivity contribution < 1.29 is 35.7 Å². The SMILES string of the molecule is CC(F)(F)c1cc(Oc2ccccc2)c(C(=O)NC(/C=C/[S-])C2CC2)s1.[Cr]. The zero-order valence-corrected chi connectivity index (χ0v) is 17.4. The fraction of sp³-hybridized carbons (Fsp3) is 0.316. The smallest absolute Gasteiger partial charge is 0.279 e. The molecule has 8 heteroatoms. The van der Waals surface area contributed by atoms with E-state index in [1.54, 1.807) is 30.3 Å². The summed E-state index contributed by atoms with van der Waals surface area (Å²) < 4.78 is 33.2. The fourth-order valence-corrected chi connectivity index (χ4v) is 3.61. The van der Waals surface area contributed by atoms with Crippen molar-refractivity contribution in [3.8, 4) is 11.5 Å². The van der Waals surface area contributed by atoms with Crippen molar-refractivity contribution in [2.75, 3.05) is 0 Å². The van der Waals surface area contributed by atoms with Crippen molar-refractivity contribution in [3.63, 3.8) is 0 Å². The minimum Gasteiger partial charge on any atom is -0.788 e. The summed E-state index contributed by atoms with van der Waals surface area (Å²) in [7, 11) is 0. The molecule has 0 saturated heterocycles. The Morgan fingerprint density at radius 1 is 1.37 bits per heavy atom. The van der Waals surface area contributed by atoms with Gasteiger partial charge in [-0.25, -0.2) is 14.2 Å². The third-order valence-corrected chi connectivity index (χ3v) is 5.47. The molecule has 1 heterocycles. The molecule has 1 aliphatic rings. The minimum absolute atomic E-state index is 0. The Balaban J connectivity index is 0.00000261. The summed E-state index contributed by atoms with van der Waals surface area (Å²) in [5.41, 5.74) is 0. The molecule has 0 radical (unpaired) electrons. The van der Waals surface area contributed by atoms with E-state index >= 15 is 0 Å². The van der Waals surface area contributed by atoms with Gasteiger partial charge in [0, 0.05) is 36.4 Å². The van der Waals surface area contributed by atoms with Crippen LogP contribution in [-0.4, -0.2) is 11.9 Å². The predicted molar refractivity (Wildman–Crippen MR) is 101 cm³/mol. The van der Waals surface area contributed by atoms with Gasteiger partial charge in [0.1, 0.15) is 10.6 Å². The maximum atomic E-state index is 13.8. The van der Waals surface area contributed by atoms with Crippen molar-refractivity contribution in [1.82, 2.24) is 5.32 Å². The van der Waals surface area contributed by atoms with E-state index in [0.717, 1.165) is 31.1 Å². The van der Waals surface area contributed by atoms with Crippen LogP contribution in [0.1, 0.15) is 34.3 Å². The van der Waals surface area contributed by atoms with E-state index in [9.17, 15) is 13.6 Å². The van der Waals surface area contributed by atoms with Gasteiger partial charge in [0.25, 0.3) is 11.8 Å². The maximum Gasteiger partial charge on any atom is 0.279 e. The minimum atomic E-state index is -3.05. The molecule has 1 N–H and O–H groups in total. The first-order valence-corrected chi connectivity index (χ1v) is 9.52. The molecule has 1 aromatic carbocycles. The number of thiophene rings is 1. The number of carbonyl (C=O) groups is 1. The zero-order valence-electron chi connectivity index (χ0n) is 14.5. The number of nitrogens with one attached hydrogen (secondary N) is 1. The summed E-state index contributed by atoms with van der Waals surface area (Å²) in [4.78, 5) is 12.6. The van der Waals surface area contributed by atoms with Gasteiger partial charge >= 0.3 is 0 Å². The molecule has 0 spiro atoms. The number of carbonyl (C=O) groups excluding carboxylic acids is 1. The second kappa shape index (κ2) is 9.16. The van der Waals surface area contributed by atoms with Crippen LogP contribution in [0.4, 0.5) is 8.78 Å². The molecule has 144 valence electrons. The zero-order chi connectivity index (χ0) is 18.7. The number of para-hydroxylation sites is 1. The van der Waals surface area contributed by atoms with Crippen LogP contribution in [-0.2, 0) is 35.9 Å². The van der Waals surface area contributed by atoms with Crippen molar-refractivity contribution >= 4 is 29.9 Å². The molecule has 1 aliphatic carbocycles. The van der Waals surface area contributed by atoms with Crippen LogP contribution in [0.15, 0.2) is 47.9 Å². The Hall–Kier alpha value is -1.46. The summed E-state index contributed by atoms with van der Waals surface area (Å²) >= 11 is 5.61. The van der Waals surface area contributed by atoms with E-state index in [-0.39, 0.29) is 38.9 Å². The molecule has 1 atom stereocenters. The van der Waals surface area contributed by atoms with E-state index in [0.29, 0.717) is 11.7 Å². The van der Waals surface area contributed by atoms with Crippen LogP contribution >= 0.6 is 11.3 Å². The second-order valence-electron chi connectivity index (χ2n) is 6.27. The average Bonchev–Trinajstić information content (AvgIpc) is 3.34. The molecular formula is C19H18CrF2NO2S2-. The largest absolute Gasteiger partial charge is 0.788 e. The standard InChI is InChI=1S/C19H19F2NO2S2.Cr/c1-19(20,21)16-11-15(24-13-5-3-2-4-6-13)17(26-16)18(23)22-14(9-10-25)12-7-8-12;/h2-6,9-12,14,25H,7-8H2,1H3,(H,22,23);/p-1/b10-9+;. The van der Waals surface area contributed by atoms with Crippen LogP contribution in [0, 0.1) is 5.92 Å². The number of amides is 1. The van der Waals surface area contributed by atoms with Gasteiger partial charge in [-0.15, -0.1) is 11.3 Å². The summed E-state index contributed by atoms with van der Waals surface area (Å²) in [6.07, 6.45) is 3.78. The first-order valence-electron chi connectivity index (χ1n) is 8.23. The molecular weight excluding hydrogens is 428 g/mol. The number of ether oxygens (including phenoxy) is 1. The molecule has 1 amide bonds. The van der Waals surface area contributed by atoms with Gasteiger partial charge in [0.2, 0.25) is 0 Å². The van der Waals surface area contributed by atoms with Crippen LogP contribution in [0.5, 0.6) is 11.5 Å². The predicted octanol–water partition coefficient (Wildman–Crippen LogP) is 5.22. The van der Waals surface area contributed by atoms with Crippen molar-refractivity contribution in [2.45, 2.75) is 31.7 Å². The number of benzene rings is 1. The van der Waals surface area contributed by atoms with Gasteiger partial charge in [0.15, 0.2) is 5.75 Å². The molecule has 0 aliphatic heterocycles. The molecule has 3 rings (SSSR count). The monoisotopic (exact) mass is 446 g/mol. The molecule has 2 aromatic rings. The summed E-state index contributed by atoms with van der Waals surface area (Å²) in [6, 6.07) is 9.83. The van der Waals surface area contributed by atoms with E-state index in [4.69, 9.17) is 17.4 Å². The third kappa shape index (κ3) is 5.76. The molecule has 3 nitrogen and oxygen atoms in total. The van der Waals surface area contributed by atoms with Gasteiger partial charge in [-0.1, -0.05) is 24.3 Å².